The van der Waals surface area contributed by atoms with Gasteiger partial charge in [0.05, 0.1) is 0 Å². The van der Waals surface area contributed by atoms with Gasteiger partial charge in [0.15, 0.2) is 0 Å². The van der Waals surface area contributed by atoms with Crippen molar-refractivity contribution >= 4 is 11.6 Å². The Morgan fingerprint density at radius 3 is 2.36 bits per heavy atom. The summed E-state index contributed by atoms with van der Waals surface area (Å²) in [5, 5.41) is 11.0. The molecule has 1 saturated heterocycles. The van der Waals surface area contributed by atoms with Crippen LogP contribution in [0.3, 0.4) is 0 Å². The molecule has 1 aliphatic heterocycles. The Bertz CT molecular complexity index is 476. The van der Waals surface area contributed by atoms with E-state index in [1.54, 1.807) is 0 Å². The van der Waals surface area contributed by atoms with Gasteiger partial charge in [0.2, 0.25) is 0 Å². The number of ether oxygens (including phenoxy) is 2. The summed E-state index contributed by atoms with van der Waals surface area (Å²) in [6.45, 7) is 10.9. The van der Waals surface area contributed by atoms with Crippen molar-refractivity contribution < 1.29 is 19.5 Å². The van der Waals surface area contributed by atoms with E-state index in [1.165, 1.54) is 4.90 Å². The van der Waals surface area contributed by atoms with Gasteiger partial charge in [-0.2, -0.15) is 0 Å². The van der Waals surface area contributed by atoms with E-state index in [0.29, 0.717) is 13.2 Å². The van der Waals surface area contributed by atoms with Gasteiger partial charge in [-0.05, 0) is 51.0 Å². The molecule has 0 bridgehead atoms. The predicted octanol–water partition coefficient (Wildman–Crippen LogP) is 1.39. The monoisotopic (exact) mass is 328 g/mol. The van der Waals surface area contributed by atoms with E-state index in [9.17, 15) is 5.11 Å². The molecule has 0 aromatic heterocycles. The van der Waals surface area contributed by atoms with E-state index >= 15 is 0 Å². The highest BCUT2D eigenvalue weighted by molar-refractivity contribution is 6.32. The zero-order valence-corrected chi connectivity index (χ0v) is 14.6. The van der Waals surface area contributed by atoms with Crippen LogP contribution >= 0.6 is 11.6 Å². The Kier molecular flexibility index (Phi) is 6.09. The Morgan fingerprint density at radius 2 is 1.82 bits per heavy atom. The third-order valence-corrected chi connectivity index (χ3v) is 4.59. The SMILES string of the molecule is Cc1cc(OC[C@H](O)C[NH+]2C[C@@H](C)O[C@@H](C)C2)cc(C)c1Cl. The summed E-state index contributed by atoms with van der Waals surface area (Å²) in [6, 6.07) is 3.82. The van der Waals surface area contributed by atoms with Gasteiger partial charge in [0.1, 0.15) is 50.3 Å². The maximum atomic E-state index is 10.2. The lowest BCUT2D eigenvalue weighted by atomic mass is 10.1. The number of morpholine rings is 1. The van der Waals surface area contributed by atoms with Crippen molar-refractivity contribution in [2.45, 2.75) is 46.0 Å². The van der Waals surface area contributed by atoms with E-state index in [0.717, 1.165) is 35.0 Å². The van der Waals surface area contributed by atoms with E-state index in [4.69, 9.17) is 21.1 Å². The minimum atomic E-state index is -0.483. The molecule has 0 amide bonds. The van der Waals surface area contributed by atoms with Crippen LogP contribution in [0.15, 0.2) is 12.1 Å². The van der Waals surface area contributed by atoms with Crippen molar-refractivity contribution in [3.63, 3.8) is 0 Å². The average molecular weight is 329 g/mol. The molecule has 4 nitrogen and oxygen atoms in total. The molecule has 1 fully saturated rings. The van der Waals surface area contributed by atoms with Crippen LogP contribution in [0.5, 0.6) is 5.75 Å². The zero-order valence-electron chi connectivity index (χ0n) is 13.9. The third kappa shape index (κ3) is 4.85. The smallest absolute Gasteiger partial charge is 0.137 e. The van der Waals surface area contributed by atoms with Crippen LogP contribution in [-0.2, 0) is 4.74 Å². The highest BCUT2D eigenvalue weighted by Gasteiger charge is 2.27. The Morgan fingerprint density at radius 1 is 1.27 bits per heavy atom. The van der Waals surface area contributed by atoms with Gasteiger partial charge in [-0.25, -0.2) is 0 Å². The number of aliphatic hydroxyl groups is 1. The second-order valence-corrected chi connectivity index (χ2v) is 6.83. The molecule has 0 spiro atoms. The van der Waals surface area contributed by atoms with Crippen LogP contribution in [0.4, 0.5) is 0 Å². The summed E-state index contributed by atoms with van der Waals surface area (Å²) >= 11 is 6.15. The summed E-state index contributed by atoms with van der Waals surface area (Å²) in [5.74, 6) is 0.761. The molecule has 0 aliphatic carbocycles. The number of rotatable bonds is 5. The molecular formula is C17H27ClNO3+. The molecule has 0 saturated carbocycles. The first-order valence-electron chi connectivity index (χ1n) is 7.91. The lowest BCUT2D eigenvalue weighted by Crippen LogP contribution is -3.16. The molecule has 1 heterocycles. The lowest BCUT2D eigenvalue weighted by molar-refractivity contribution is -0.918. The second-order valence-electron chi connectivity index (χ2n) is 6.46. The van der Waals surface area contributed by atoms with E-state index in [1.807, 2.05) is 26.0 Å². The van der Waals surface area contributed by atoms with Gasteiger partial charge in [-0.1, -0.05) is 11.6 Å². The highest BCUT2D eigenvalue weighted by atomic mass is 35.5. The van der Waals surface area contributed by atoms with E-state index in [2.05, 4.69) is 13.8 Å². The predicted molar refractivity (Wildman–Crippen MR) is 88.0 cm³/mol. The topological polar surface area (TPSA) is 43.1 Å². The number of quaternary nitrogens is 1. The van der Waals surface area contributed by atoms with Gasteiger partial charge in [-0.15, -0.1) is 0 Å². The molecule has 22 heavy (non-hydrogen) atoms. The Labute approximate surface area is 138 Å². The van der Waals surface area contributed by atoms with Crippen molar-refractivity contribution in [2.75, 3.05) is 26.2 Å². The van der Waals surface area contributed by atoms with Crippen LogP contribution in [0, 0.1) is 13.8 Å². The lowest BCUT2D eigenvalue weighted by Gasteiger charge is -2.33. The summed E-state index contributed by atoms with van der Waals surface area (Å²) in [4.78, 5) is 1.37. The molecule has 2 N–H and O–H groups in total. The maximum Gasteiger partial charge on any atom is 0.137 e. The van der Waals surface area contributed by atoms with E-state index < -0.39 is 6.10 Å². The van der Waals surface area contributed by atoms with Crippen LogP contribution < -0.4 is 9.64 Å². The van der Waals surface area contributed by atoms with Gasteiger partial charge in [0.25, 0.3) is 0 Å². The minimum absolute atomic E-state index is 0.244. The molecule has 5 heteroatoms. The maximum absolute atomic E-state index is 10.2. The number of aliphatic hydroxyl groups excluding tert-OH is 1. The number of hydrogen-bond donors (Lipinski definition) is 2. The zero-order chi connectivity index (χ0) is 16.3. The molecule has 1 aromatic rings. The van der Waals surface area contributed by atoms with Gasteiger partial charge < -0.3 is 19.5 Å². The first-order chi connectivity index (χ1) is 10.3. The average Bonchev–Trinajstić information content (AvgIpc) is 2.41. The first kappa shape index (κ1) is 17.5. The Balaban J connectivity index is 1.84. The quantitative estimate of drug-likeness (QED) is 0.858. The number of aryl methyl sites for hydroxylation is 2. The Hall–Kier alpha value is -0.810. The summed E-state index contributed by atoms with van der Waals surface area (Å²) in [5.41, 5.74) is 1.99. The largest absolute Gasteiger partial charge is 0.491 e. The number of halogens is 1. The molecule has 4 atom stereocenters. The van der Waals surface area contributed by atoms with Gasteiger partial charge in [0, 0.05) is 5.02 Å². The normalized spacial score (nSPS) is 26.7. The second kappa shape index (κ2) is 7.64. The van der Waals surface area contributed by atoms with E-state index in [-0.39, 0.29) is 12.2 Å². The van der Waals surface area contributed by atoms with Crippen LogP contribution in [-0.4, -0.2) is 49.7 Å². The van der Waals surface area contributed by atoms with Crippen molar-refractivity contribution in [1.82, 2.24) is 0 Å². The molecule has 0 radical (unpaired) electrons. The number of benzene rings is 1. The summed E-state index contributed by atoms with van der Waals surface area (Å²) in [7, 11) is 0. The van der Waals surface area contributed by atoms with Crippen molar-refractivity contribution in [3.8, 4) is 5.75 Å². The summed E-state index contributed by atoms with van der Waals surface area (Å²) < 4.78 is 11.4. The third-order valence-electron chi connectivity index (χ3n) is 3.99. The molecule has 1 unspecified atom stereocenters. The van der Waals surface area contributed by atoms with Crippen molar-refractivity contribution in [3.05, 3.63) is 28.3 Å². The number of hydrogen-bond acceptors (Lipinski definition) is 3. The van der Waals surface area contributed by atoms with Gasteiger partial charge in [-0.3, -0.25) is 0 Å². The fraction of sp³-hybridized carbons (Fsp3) is 0.647. The van der Waals surface area contributed by atoms with Crippen LogP contribution in [0.2, 0.25) is 5.02 Å². The molecule has 1 aromatic carbocycles. The molecule has 124 valence electrons. The first-order valence-corrected chi connectivity index (χ1v) is 8.29. The molecule has 1 aliphatic rings. The van der Waals surface area contributed by atoms with Crippen LogP contribution in [0.1, 0.15) is 25.0 Å². The van der Waals surface area contributed by atoms with Crippen molar-refractivity contribution in [2.24, 2.45) is 0 Å². The molecular weight excluding hydrogens is 302 g/mol. The van der Waals surface area contributed by atoms with Gasteiger partial charge >= 0.3 is 0 Å². The molecule has 2 rings (SSSR count). The summed E-state index contributed by atoms with van der Waals surface area (Å²) in [6.07, 6.45) is 0.00524. The standard InChI is InChI=1S/C17H26ClNO3/c1-11-5-16(6-12(2)17(11)18)21-10-15(20)9-19-7-13(3)22-14(4)8-19/h5-6,13-15,20H,7-10H2,1-4H3/p+1/t13-,14+,15-/m1/s1. The minimum Gasteiger partial charge on any atom is -0.491 e. The van der Waals surface area contributed by atoms with Crippen LogP contribution in [0.25, 0.3) is 0 Å². The highest BCUT2D eigenvalue weighted by Crippen LogP contribution is 2.25. The fourth-order valence-corrected chi connectivity index (χ4v) is 3.24. The fourth-order valence-electron chi connectivity index (χ4n) is 3.13. The number of nitrogens with one attached hydrogen (secondary N) is 1. The van der Waals surface area contributed by atoms with Crippen molar-refractivity contribution in [1.29, 1.82) is 0 Å².